The third-order valence-electron chi connectivity index (χ3n) is 5.69. The molecule has 1 amide bonds. The average molecular weight is 454 g/mol. The molecule has 9 heteroatoms. The Labute approximate surface area is 189 Å². The van der Waals surface area contributed by atoms with Crippen LogP contribution in [0.1, 0.15) is 46.4 Å². The molecule has 0 spiro atoms. The van der Waals surface area contributed by atoms with Gasteiger partial charge in [0.1, 0.15) is 23.1 Å². The molecule has 1 aromatic heterocycles. The van der Waals surface area contributed by atoms with Crippen LogP contribution in [0.15, 0.2) is 48.7 Å². The van der Waals surface area contributed by atoms with Crippen molar-refractivity contribution in [3.8, 4) is 11.3 Å². The number of amides is 1. The van der Waals surface area contributed by atoms with Crippen LogP contribution in [0.4, 0.5) is 14.6 Å². The smallest absolute Gasteiger partial charge is 0.254 e. The van der Waals surface area contributed by atoms with Crippen molar-refractivity contribution in [1.82, 2.24) is 15.3 Å². The third kappa shape index (κ3) is 5.15. The second-order valence-corrected chi connectivity index (χ2v) is 7.87. The molecule has 2 aromatic carbocycles. The highest BCUT2D eigenvalue weighted by atomic mass is 19.1. The summed E-state index contributed by atoms with van der Waals surface area (Å²) in [5.74, 6) is -1.67. The number of nitrogen functional groups attached to an aromatic ring is 1. The largest absolute Gasteiger partial charge is 0.394 e. The minimum absolute atomic E-state index is 0.161. The van der Waals surface area contributed by atoms with E-state index in [4.69, 9.17) is 10.5 Å². The maximum atomic E-state index is 14.9. The Morgan fingerprint density at radius 1 is 1.21 bits per heavy atom. The SMILES string of the molecule is Nc1ncc(C2CCOCC2)nc1-c1ccc(C(=O)NC(CO)c2cccc(F)c2)c(F)c1. The quantitative estimate of drug-likeness (QED) is 0.527. The van der Waals surface area contributed by atoms with Gasteiger partial charge in [-0.25, -0.2) is 18.7 Å². The molecular weight excluding hydrogens is 430 g/mol. The number of hydrogen-bond acceptors (Lipinski definition) is 6. The molecule has 1 aliphatic rings. The first kappa shape index (κ1) is 22.8. The number of carbonyl (C=O) groups excluding carboxylic acids is 1. The van der Waals surface area contributed by atoms with Gasteiger partial charge in [0.05, 0.1) is 30.1 Å². The van der Waals surface area contributed by atoms with Crippen LogP contribution >= 0.6 is 0 Å². The molecule has 1 unspecified atom stereocenters. The van der Waals surface area contributed by atoms with E-state index in [-0.39, 0.29) is 17.3 Å². The summed E-state index contributed by atoms with van der Waals surface area (Å²) in [5, 5.41) is 12.2. The number of ether oxygens (including phenoxy) is 1. The summed E-state index contributed by atoms with van der Waals surface area (Å²) in [6.45, 7) is 0.823. The Bertz CT molecular complexity index is 1150. The number of nitrogens with two attached hydrogens (primary N) is 1. The highest BCUT2D eigenvalue weighted by Gasteiger charge is 2.22. The summed E-state index contributed by atoms with van der Waals surface area (Å²) in [6, 6.07) is 8.65. The van der Waals surface area contributed by atoms with E-state index in [0.29, 0.717) is 30.0 Å². The van der Waals surface area contributed by atoms with E-state index < -0.39 is 30.2 Å². The standard InChI is InChI=1S/C24H24F2N4O3/c25-17-3-1-2-15(10-17)21(13-31)30-24(32)18-5-4-16(11-19(18)26)22-23(27)28-12-20(29-22)14-6-8-33-9-7-14/h1-5,10-12,14,21,31H,6-9,13H2,(H2,27,28)(H,30,32). The number of anilines is 1. The molecule has 172 valence electrons. The summed E-state index contributed by atoms with van der Waals surface area (Å²) in [5.41, 5.74) is 7.66. The number of hydrogen-bond donors (Lipinski definition) is 3. The third-order valence-corrected chi connectivity index (χ3v) is 5.69. The summed E-state index contributed by atoms with van der Waals surface area (Å²) in [4.78, 5) is 21.5. The van der Waals surface area contributed by atoms with Gasteiger partial charge in [-0.2, -0.15) is 0 Å². The van der Waals surface area contributed by atoms with E-state index in [2.05, 4.69) is 15.3 Å². The van der Waals surface area contributed by atoms with Gasteiger partial charge < -0.3 is 20.9 Å². The second-order valence-electron chi connectivity index (χ2n) is 7.87. The van der Waals surface area contributed by atoms with Crippen LogP contribution in [-0.2, 0) is 4.74 Å². The van der Waals surface area contributed by atoms with Crippen molar-refractivity contribution in [2.75, 3.05) is 25.6 Å². The Hall–Kier alpha value is -3.43. The first-order valence-electron chi connectivity index (χ1n) is 10.6. The molecule has 0 bridgehead atoms. The van der Waals surface area contributed by atoms with Crippen LogP contribution in [-0.4, -0.2) is 40.8 Å². The molecular formula is C24H24F2N4O3. The van der Waals surface area contributed by atoms with Crippen LogP contribution in [0, 0.1) is 11.6 Å². The summed E-state index contributed by atoms with van der Waals surface area (Å²) in [6.07, 6.45) is 3.28. The number of aromatic nitrogens is 2. The first-order chi connectivity index (χ1) is 16.0. The molecule has 3 aromatic rings. The molecule has 0 saturated carbocycles. The number of carbonyl (C=O) groups is 1. The molecule has 1 atom stereocenters. The fourth-order valence-corrected chi connectivity index (χ4v) is 3.85. The van der Waals surface area contributed by atoms with Crippen LogP contribution in [0.5, 0.6) is 0 Å². The van der Waals surface area contributed by atoms with Gasteiger partial charge >= 0.3 is 0 Å². The average Bonchev–Trinajstić information content (AvgIpc) is 2.83. The Morgan fingerprint density at radius 3 is 2.70 bits per heavy atom. The van der Waals surface area contributed by atoms with E-state index in [1.165, 1.54) is 30.3 Å². The minimum Gasteiger partial charge on any atom is -0.394 e. The summed E-state index contributed by atoms with van der Waals surface area (Å²) < 4.78 is 33.8. The van der Waals surface area contributed by atoms with E-state index in [9.17, 15) is 18.7 Å². The number of benzene rings is 2. The van der Waals surface area contributed by atoms with Crippen molar-refractivity contribution in [3.05, 3.63) is 77.1 Å². The molecule has 2 heterocycles. The van der Waals surface area contributed by atoms with Gasteiger partial charge in [-0.05, 0) is 42.7 Å². The predicted molar refractivity (Wildman–Crippen MR) is 118 cm³/mol. The fourth-order valence-electron chi connectivity index (χ4n) is 3.85. The number of aliphatic hydroxyl groups excluding tert-OH is 1. The number of nitrogens with one attached hydrogen (secondary N) is 1. The first-order valence-corrected chi connectivity index (χ1v) is 10.6. The highest BCUT2D eigenvalue weighted by Crippen LogP contribution is 2.30. The van der Waals surface area contributed by atoms with Crippen molar-refractivity contribution in [1.29, 1.82) is 0 Å². The summed E-state index contributed by atoms with van der Waals surface area (Å²) >= 11 is 0. The number of nitrogens with zero attached hydrogens (tertiary/aromatic N) is 2. The molecule has 7 nitrogen and oxygen atoms in total. The lowest BCUT2D eigenvalue weighted by Gasteiger charge is -2.22. The maximum Gasteiger partial charge on any atom is 0.254 e. The number of rotatable bonds is 6. The van der Waals surface area contributed by atoms with Crippen LogP contribution in [0.25, 0.3) is 11.3 Å². The molecule has 0 radical (unpaired) electrons. The van der Waals surface area contributed by atoms with Gasteiger partial charge in [-0.3, -0.25) is 4.79 Å². The van der Waals surface area contributed by atoms with Crippen LogP contribution < -0.4 is 11.1 Å². The highest BCUT2D eigenvalue weighted by molar-refractivity contribution is 5.95. The Morgan fingerprint density at radius 2 is 2.00 bits per heavy atom. The lowest BCUT2D eigenvalue weighted by molar-refractivity contribution is 0.0844. The van der Waals surface area contributed by atoms with E-state index >= 15 is 0 Å². The zero-order valence-electron chi connectivity index (χ0n) is 17.8. The lowest BCUT2D eigenvalue weighted by atomic mass is 9.96. The Balaban J connectivity index is 1.56. The molecule has 4 rings (SSSR count). The molecule has 33 heavy (non-hydrogen) atoms. The summed E-state index contributed by atoms with van der Waals surface area (Å²) in [7, 11) is 0. The van der Waals surface area contributed by atoms with Crippen molar-refractivity contribution >= 4 is 11.7 Å². The van der Waals surface area contributed by atoms with Crippen LogP contribution in [0.2, 0.25) is 0 Å². The minimum atomic E-state index is -0.884. The lowest BCUT2D eigenvalue weighted by Crippen LogP contribution is -2.31. The molecule has 1 fully saturated rings. The van der Waals surface area contributed by atoms with Crippen molar-refractivity contribution in [2.24, 2.45) is 0 Å². The van der Waals surface area contributed by atoms with E-state index in [1.807, 2.05) is 0 Å². The van der Waals surface area contributed by atoms with Gasteiger partial charge in [0.25, 0.3) is 5.91 Å². The monoisotopic (exact) mass is 454 g/mol. The van der Waals surface area contributed by atoms with Gasteiger partial charge in [0, 0.05) is 24.7 Å². The molecule has 1 aliphatic heterocycles. The predicted octanol–water partition coefficient (Wildman–Crippen LogP) is 3.36. The maximum absolute atomic E-state index is 14.9. The number of aliphatic hydroxyl groups is 1. The van der Waals surface area contributed by atoms with E-state index in [0.717, 1.165) is 18.5 Å². The second kappa shape index (κ2) is 10.0. The molecule has 0 aliphatic carbocycles. The van der Waals surface area contributed by atoms with Crippen molar-refractivity contribution in [2.45, 2.75) is 24.8 Å². The van der Waals surface area contributed by atoms with Crippen LogP contribution in [0.3, 0.4) is 0 Å². The number of halogens is 2. The van der Waals surface area contributed by atoms with Gasteiger partial charge in [-0.1, -0.05) is 18.2 Å². The molecule has 4 N–H and O–H groups in total. The van der Waals surface area contributed by atoms with Gasteiger partial charge in [0.2, 0.25) is 0 Å². The fraction of sp³-hybridized carbons (Fsp3) is 0.292. The Kier molecular flexibility index (Phi) is 6.90. The van der Waals surface area contributed by atoms with E-state index in [1.54, 1.807) is 18.3 Å². The zero-order valence-corrected chi connectivity index (χ0v) is 17.8. The van der Waals surface area contributed by atoms with Gasteiger partial charge in [-0.15, -0.1) is 0 Å². The van der Waals surface area contributed by atoms with Crippen molar-refractivity contribution in [3.63, 3.8) is 0 Å². The topological polar surface area (TPSA) is 110 Å². The van der Waals surface area contributed by atoms with Crippen molar-refractivity contribution < 1.29 is 23.4 Å². The zero-order chi connectivity index (χ0) is 23.4. The normalized spacial score (nSPS) is 15.2. The molecule has 1 saturated heterocycles. The van der Waals surface area contributed by atoms with Gasteiger partial charge in [0.15, 0.2) is 0 Å².